The van der Waals surface area contributed by atoms with E-state index in [-0.39, 0.29) is 5.75 Å². The lowest BCUT2D eigenvalue weighted by molar-refractivity contribution is -0.133. The number of nitrogens with two attached hydrogens (primary N) is 2. The largest absolute Gasteiger partial charge is 0.376 e. The van der Waals surface area contributed by atoms with Gasteiger partial charge in [0, 0.05) is 12.4 Å². The molecule has 4 amide bonds. The normalized spacial score (nSPS) is 14.6. The molecule has 3 aromatic carbocycles. The lowest BCUT2D eigenvalue weighted by Gasteiger charge is -2.36. The first-order chi connectivity index (χ1) is 22.5. The second-order valence-electron chi connectivity index (χ2n) is 11.5. The van der Waals surface area contributed by atoms with Crippen LogP contribution in [0.2, 0.25) is 0 Å². The van der Waals surface area contributed by atoms with Gasteiger partial charge in [-0.05, 0) is 43.9 Å². The highest BCUT2D eigenvalue weighted by molar-refractivity contribution is 8.00. The molecule has 252 valence electrons. The number of carbonyl (C=O) groups excluding carboxylic acids is 4. The first-order valence-corrected chi connectivity index (χ1v) is 16.9. The van der Waals surface area contributed by atoms with Gasteiger partial charge < -0.3 is 32.2 Å². The summed E-state index contributed by atoms with van der Waals surface area (Å²) >= 11 is 1.48. The monoisotopic (exact) mass is 661 g/mol. The van der Waals surface area contributed by atoms with Gasteiger partial charge in [0.05, 0.1) is 10.9 Å². The van der Waals surface area contributed by atoms with Crippen LogP contribution in [0.1, 0.15) is 57.2 Å². The molecule has 0 heterocycles. The van der Waals surface area contributed by atoms with Crippen molar-refractivity contribution in [3.05, 3.63) is 108 Å². The van der Waals surface area contributed by atoms with Crippen LogP contribution in [-0.2, 0) is 28.7 Å². The van der Waals surface area contributed by atoms with Gasteiger partial charge in [-0.3, -0.25) is 19.2 Å². The summed E-state index contributed by atoms with van der Waals surface area (Å²) in [6.45, 7) is 7.20. The van der Waals surface area contributed by atoms with Crippen molar-refractivity contribution in [2.24, 2.45) is 11.5 Å². The average Bonchev–Trinajstić information content (AvgIpc) is 3.08. The molecule has 0 saturated heterocycles. The molecule has 5 atom stereocenters. The Balaban J connectivity index is 1.71. The van der Waals surface area contributed by atoms with Crippen LogP contribution in [0.25, 0.3) is 0 Å². The molecule has 7 N–H and O–H groups in total. The zero-order chi connectivity index (χ0) is 34.4. The van der Waals surface area contributed by atoms with E-state index in [1.165, 1.54) is 25.6 Å². The quantitative estimate of drug-likeness (QED) is 0.103. The van der Waals surface area contributed by atoms with Gasteiger partial charge >= 0.3 is 0 Å². The number of amides is 4. The lowest BCUT2D eigenvalue weighted by atomic mass is 9.84. The molecule has 3 rings (SSSR count). The van der Waals surface area contributed by atoms with E-state index in [1.54, 1.807) is 6.92 Å². The van der Waals surface area contributed by atoms with Crippen LogP contribution in [-0.4, -0.2) is 66.3 Å². The van der Waals surface area contributed by atoms with Crippen LogP contribution in [0.15, 0.2) is 91.0 Å². The number of primary amides is 1. The summed E-state index contributed by atoms with van der Waals surface area (Å²) in [7, 11) is 0. The summed E-state index contributed by atoms with van der Waals surface area (Å²) in [4.78, 5) is 51.4. The molecule has 0 fully saturated rings. The van der Waals surface area contributed by atoms with E-state index in [2.05, 4.69) is 16.0 Å². The molecular formula is C36H47N5O5S. The maximum absolute atomic E-state index is 13.2. The fourth-order valence-electron chi connectivity index (χ4n) is 4.98. The predicted molar refractivity (Wildman–Crippen MR) is 186 cm³/mol. The third kappa shape index (κ3) is 10.1. The maximum atomic E-state index is 13.2. The third-order valence-corrected chi connectivity index (χ3v) is 9.50. The molecule has 0 saturated carbocycles. The van der Waals surface area contributed by atoms with Crippen LogP contribution in [0.4, 0.5) is 0 Å². The number of hydrogen-bond donors (Lipinski definition) is 5. The summed E-state index contributed by atoms with van der Waals surface area (Å²) in [5, 5.41) is 7.88. The summed E-state index contributed by atoms with van der Waals surface area (Å²) < 4.78 is 4.87. The number of benzene rings is 3. The number of unbranched alkanes of at least 4 members (excludes halogenated alkanes) is 1. The molecule has 0 aliphatic carbocycles. The molecule has 0 spiro atoms. The van der Waals surface area contributed by atoms with Crippen LogP contribution in [0.5, 0.6) is 0 Å². The molecule has 0 unspecified atom stereocenters. The van der Waals surface area contributed by atoms with Gasteiger partial charge in [-0.15, -0.1) is 11.8 Å². The van der Waals surface area contributed by atoms with E-state index in [1.807, 2.05) is 97.9 Å². The Kier molecular flexibility index (Phi) is 14.5. The van der Waals surface area contributed by atoms with Gasteiger partial charge in [0.25, 0.3) is 0 Å². The third-order valence-electron chi connectivity index (χ3n) is 7.86. The predicted octanol–water partition coefficient (Wildman–Crippen LogP) is 3.22. The molecular weight excluding hydrogens is 614 g/mol. The molecule has 47 heavy (non-hydrogen) atoms. The first-order valence-electron chi connectivity index (χ1n) is 15.9. The highest BCUT2D eigenvalue weighted by Crippen LogP contribution is 2.48. The van der Waals surface area contributed by atoms with Crippen LogP contribution in [0.3, 0.4) is 0 Å². The standard InChI is InChI=1S/C36H47N5O5S/c1-5-6-22-46-26(4)31(37)35(45)40-24(2)33(43)39-25(3)34(44)41-30(32(38)42)23-47-36(27-16-10-7-11-17-27,28-18-12-8-13-19-28)29-20-14-9-15-21-29/h7-21,24-26,30-31H,5-6,22-23,37H2,1-4H3,(H2,38,42)(H,39,43)(H,40,45)(H,41,44)/t24-,25-,26+,30-,31-/m0/s1. The molecule has 0 aliphatic heterocycles. The van der Waals surface area contributed by atoms with Crippen LogP contribution in [0, 0.1) is 0 Å². The zero-order valence-electron chi connectivity index (χ0n) is 27.5. The lowest BCUT2D eigenvalue weighted by Crippen LogP contribution is -2.57. The molecule has 0 bridgehead atoms. The van der Waals surface area contributed by atoms with E-state index in [0.717, 1.165) is 29.5 Å². The molecule has 0 aliphatic rings. The minimum Gasteiger partial charge on any atom is -0.376 e. The second kappa shape index (κ2) is 18.2. The summed E-state index contributed by atoms with van der Waals surface area (Å²) in [5.74, 6) is -2.30. The SMILES string of the molecule is CCCCO[C@H](C)[C@H](N)C(=O)N[C@@H](C)C(=O)N[C@@H](C)C(=O)N[C@@H](CSC(c1ccccc1)(c1ccccc1)c1ccccc1)C(N)=O. The summed E-state index contributed by atoms with van der Waals surface area (Å²) in [6.07, 6.45) is 1.27. The summed E-state index contributed by atoms with van der Waals surface area (Å²) in [6, 6.07) is 25.8. The van der Waals surface area contributed by atoms with Crippen molar-refractivity contribution in [2.75, 3.05) is 12.4 Å². The van der Waals surface area contributed by atoms with Crippen molar-refractivity contribution in [3.63, 3.8) is 0 Å². The Morgan fingerprint density at radius 2 is 1.15 bits per heavy atom. The Labute approximate surface area is 281 Å². The Hall–Kier alpha value is -4.19. The van der Waals surface area contributed by atoms with Crippen molar-refractivity contribution in [1.29, 1.82) is 0 Å². The zero-order valence-corrected chi connectivity index (χ0v) is 28.3. The van der Waals surface area contributed by atoms with Crippen molar-refractivity contribution < 1.29 is 23.9 Å². The highest BCUT2D eigenvalue weighted by atomic mass is 32.2. The molecule has 0 radical (unpaired) electrons. The Morgan fingerprint density at radius 3 is 1.57 bits per heavy atom. The van der Waals surface area contributed by atoms with Crippen LogP contribution < -0.4 is 27.4 Å². The number of carbonyl (C=O) groups is 4. The smallest absolute Gasteiger partial charge is 0.242 e. The summed E-state index contributed by atoms with van der Waals surface area (Å²) in [5.41, 5.74) is 14.8. The Morgan fingerprint density at radius 1 is 0.723 bits per heavy atom. The fraction of sp³-hybridized carbons (Fsp3) is 0.389. The number of rotatable bonds is 18. The first kappa shape index (κ1) is 37.3. The van der Waals surface area contributed by atoms with Gasteiger partial charge in [-0.25, -0.2) is 0 Å². The van der Waals surface area contributed by atoms with E-state index < -0.39 is 58.6 Å². The highest BCUT2D eigenvalue weighted by Gasteiger charge is 2.38. The van der Waals surface area contributed by atoms with Gasteiger partial charge in [-0.2, -0.15) is 0 Å². The maximum Gasteiger partial charge on any atom is 0.242 e. The molecule has 3 aromatic rings. The van der Waals surface area contributed by atoms with E-state index >= 15 is 0 Å². The van der Waals surface area contributed by atoms with Gasteiger partial charge in [0.15, 0.2) is 0 Å². The average molecular weight is 662 g/mol. The fourth-order valence-corrected chi connectivity index (χ4v) is 6.55. The Bertz CT molecular complexity index is 1350. The van der Waals surface area contributed by atoms with E-state index in [9.17, 15) is 19.2 Å². The number of nitrogens with one attached hydrogen (secondary N) is 3. The van der Waals surface area contributed by atoms with Crippen molar-refractivity contribution in [1.82, 2.24) is 16.0 Å². The number of thioether (sulfide) groups is 1. The van der Waals surface area contributed by atoms with Crippen molar-refractivity contribution in [2.45, 2.75) is 75.6 Å². The molecule has 11 heteroatoms. The topological polar surface area (TPSA) is 166 Å². The van der Waals surface area contributed by atoms with Crippen molar-refractivity contribution in [3.8, 4) is 0 Å². The van der Waals surface area contributed by atoms with Gasteiger partial charge in [-0.1, -0.05) is 104 Å². The molecule has 0 aromatic heterocycles. The van der Waals surface area contributed by atoms with Crippen molar-refractivity contribution >= 4 is 35.4 Å². The van der Waals surface area contributed by atoms with Crippen LogP contribution >= 0.6 is 11.8 Å². The molecule has 10 nitrogen and oxygen atoms in total. The number of hydrogen-bond acceptors (Lipinski definition) is 7. The van der Waals surface area contributed by atoms with Gasteiger partial charge in [0.2, 0.25) is 23.6 Å². The number of ether oxygens (including phenoxy) is 1. The van der Waals surface area contributed by atoms with E-state index in [0.29, 0.717) is 6.61 Å². The minimum atomic E-state index is -1.05. The second-order valence-corrected chi connectivity index (χ2v) is 12.7. The van der Waals surface area contributed by atoms with E-state index in [4.69, 9.17) is 16.2 Å². The minimum absolute atomic E-state index is 0.142. The van der Waals surface area contributed by atoms with Gasteiger partial charge in [0.1, 0.15) is 24.2 Å².